The Morgan fingerprint density at radius 3 is 2.60 bits per heavy atom. The van der Waals surface area contributed by atoms with Gasteiger partial charge in [0.1, 0.15) is 17.5 Å². The summed E-state index contributed by atoms with van der Waals surface area (Å²) in [6.45, 7) is 3.34. The Hall–Kier alpha value is -2.54. The van der Waals surface area contributed by atoms with Crippen LogP contribution < -0.4 is 5.32 Å². The molecule has 1 saturated heterocycles. The number of carbonyl (C=O) groups excluding carboxylic acids is 1. The van der Waals surface area contributed by atoms with Crippen LogP contribution in [0.3, 0.4) is 0 Å². The number of anilines is 1. The van der Waals surface area contributed by atoms with Gasteiger partial charge in [-0.2, -0.15) is 0 Å². The lowest BCUT2D eigenvalue weighted by molar-refractivity contribution is -0.132. The summed E-state index contributed by atoms with van der Waals surface area (Å²) in [4.78, 5) is 26.8. The van der Waals surface area contributed by atoms with Crippen LogP contribution in [0.1, 0.15) is 47.8 Å². The number of likely N-dealkylation sites (tertiary alicyclic amines) is 1. The molecule has 160 valence electrons. The molecule has 0 saturated carbocycles. The number of piperidine rings is 1. The highest BCUT2D eigenvalue weighted by Crippen LogP contribution is 2.30. The molecule has 30 heavy (non-hydrogen) atoms. The van der Waals surface area contributed by atoms with Crippen LogP contribution in [-0.4, -0.2) is 59.4 Å². The summed E-state index contributed by atoms with van der Waals surface area (Å²) in [6, 6.07) is 6.37. The molecule has 1 aromatic heterocycles. The summed E-state index contributed by atoms with van der Waals surface area (Å²) in [5.41, 5.74) is 3.09. The Balaban J connectivity index is 1.45. The van der Waals surface area contributed by atoms with Crippen molar-refractivity contribution in [3.05, 3.63) is 52.7 Å². The maximum Gasteiger partial charge on any atom is 0.223 e. The number of hydrogen-bond donors (Lipinski definition) is 1. The number of aryl methyl sites for hydroxylation is 1. The van der Waals surface area contributed by atoms with Crippen LogP contribution in [-0.2, 0) is 24.2 Å². The van der Waals surface area contributed by atoms with Crippen LogP contribution in [0.2, 0.25) is 0 Å². The number of benzene rings is 1. The number of rotatable bonds is 5. The number of fused-ring (bicyclic) bond motifs is 1. The van der Waals surface area contributed by atoms with E-state index in [2.05, 4.69) is 17.3 Å². The lowest BCUT2D eigenvalue weighted by Crippen LogP contribution is -2.37. The minimum absolute atomic E-state index is 0.121. The summed E-state index contributed by atoms with van der Waals surface area (Å²) in [5, 5.41) is 3.24. The second-order valence-electron chi connectivity index (χ2n) is 8.37. The fraction of sp³-hybridized carbons (Fsp3) is 0.522. The zero-order chi connectivity index (χ0) is 21.1. The van der Waals surface area contributed by atoms with Crippen molar-refractivity contribution in [2.24, 2.45) is 0 Å². The lowest BCUT2D eigenvalue weighted by Gasteiger charge is -2.32. The van der Waals surface area contributed by atoms with Crippen LogP contribution in [0.4, 0.5) is 10.2 Å². The van der Waals surface area contributed by atoms with E-state index in [1.165, 1.54) is 12.1 Å². The summed E-state index contributed by atoms with van der Waals surface area (Å²) in [5.74, 6) is 2.07. The standard InChI is InChI=1S/C23H30FN5O/c1-25-23-19-11-14-29(21(30)8-5-16-3-6-18(24)7-4-16)15-20(19)26-22(27-23)17-9-12-28(2)13-10-17/h3-4,6-7,17H,5,8-15H2,1-2H3,(H,25,26,27). The smallest absolute Gasteiger partial charge is 0.223 e. The van der Waals surface area contributed by atoms with Gasteiger partial charge in [-0.15, -0.1) is 0 Å². The van der Waals surface area contributed by atoms with Gasteiger partial charge in [0.15, 0.2) is 0 Å². The van der Waals surface area contributed by atoms with Crippen molar-refractivity contribution < 1.29 is 9.18 Å². The average Bonchev–Trinajstić information content (AvgIpc) is 2.77. The Bertz CT molecular complexity index is 893. The molecule has 0 atom stereocenters. The first kappa shape index (κ1) is 20.7. The van der Waals surface area contributed by atoms with Gasteiger partial charge in [-0.25, -0.2) is 14.4 Å². The van der Waals surface area contributed by atoms with Crippen molar-refractivity contribution >= 4 is 11.7 Å². The van der Waals surface area contributed by atoms with E-state index in [0.29, 0.717) is 31.8 Å². The van der Waals surface area contributed by atoms with Gasteiger partial charge >= 0.3 is 0 Å². The van der Waals surface area contributed by atoms with E-state index in [-0.39, 0.29) is 11.7 Å². The van der Waals surface area contributed by atoms with E-state index >= 15 is 0 Å². The van der Waals surface area contributed by atoms with E-state index in [9.17, 15) is 9.18 Å². The van der Waals surface area contributed by atoms with E-state index < -0.39 is 0 Å². The zero-order valence-electron chi connectivity index (χ0n) is 17.8. The first-order valence-electron chi connectivity index (χ1n) is 10.8. The molecule has 1 aromatic carbocycles. The molecule has 0 unspecified atom stereocenters. The fourth-order valence-corrected chi connectivity index (χ4v) is 4.38. The third kappa shape index (κ3) is 4.61. The van der Waals surface area contributed by atoms with Crippen LogP contribution in [0.15, 0.2) is 24.3 Å². The molecule has 7 heteroatoms. The van der Waals surface area contributed by atoms with Crippen LogP contribution in [0, 0.1) is 5.82 Å². The van der Waals surface area contributed by atoms with Crippen molar-refractivity contribution in [3.8, 4) is 0 Å². The van der Waals surface area contributed by atoms with Crippen molar-refractivity contribution in [1.29, 1.82) is 0 Å². The van der Waals surface area contributed by atoms with Crippen molar-refractivity contribution in [2.45, 2.75) is 44.6 Å². The molecule has 2 aliphatic rings. The Morgan fingerprint density at radius 1 is 1.17 bits per heavy atom. The summed E-state index contributed by atoms with van der Waals surface area (Å²) < 4.78 is 13.1. The monoisotopic (exact) mass is 411 g/mol. The second kappa shape index (κ2) is 9.08. The predicted octanol–water partition coefficient (Wildman–Crippen LogP) is 2.98. The third-order valence-corrected chi connectivity index (χ3v) is 6.30. The minimum atomic E-state index is -0.252. The predicted molar refractivity (Wildman–Crippen MR) is 115 cm³/mol. The molecule has 0 radical (unpaired) electrons. The van der Waals surface area contributed by atoms with Crippen LogP contribution >= 0.6 is 0 Å². The molecular weight excluding hydrogens is 381 g/mol. The molecule has 4 rings (SSSR count). The third-order valence-electron chi connectivity index (χ3n) is 6.30. The molecule has 0 bridgehead atoms. The number of nitrogens with zero attached hydrogens (tertiary/aromatic N) is 4. The molecule has 1 fully saturated rings. The molecule has 1 amide bonds. The number of hydrogen-bond acceptors (Lipinski definition) is 5. The van der Waals surface area contributed by atoms with Gasteiger partial charge < -0.3 is 15.1 Å². The van der Waals surface area contributed by atoms with E-state index in [1.807, 2.05) is 11.9 Å². The fourth-order valence-electron chi connectivity index (χ4n) is 4.38. The molecule has 3 heterocycles. The summed E-state index contributed by atoms with van der Waals surface area (Å²) >= 11 is 0. The first-order chi connectivity index (χ1) is 14.5. The minimum Gasteiger partial charge on any atom is -0.373 e. The average molecular weight is 412 g/mol. The Morgan fingerprint density at radius 2 is 1.90 bits per heavy atom. The molecule has 0 aliphatic carbocycles. The molecule has 2 aromatic rings. The zero-order valence-corrected chi connectivity index (χ0v) is 17.8. The normalized spacial score (nSPS) is 17.6. The first-order valence-corrected chi connectivity index (χ1v) is 10.8. The van der Waals surface area contributed by atoms with Gasteiger partial charge in [0.05, 0.1) is 12.2 Å². The number of amides is 1. The highest BCUT2D eigenvalue weighted by atomic mass is 19.1. The summed E-state index contributed by atoms with van der Waals surface area (Å²) in [7, 11) is 4.06. The van der Waals surface area contributed by atoms with Crippen LogP contribution in [0.5, 0.6) is 0 Å². The van der Waals surface area contributed by atoms with E-state index in [0.717, 1.165) is 60.8 Å². The van der Waals surface area contributed by atoms with Gasteiger partial charge in [-0.05, 0) is 63.5 Å². The molecule has 0 spiro atoms. The molecule has 6 nitrogen and oxygen atoms in total. The molecular formula is C23H30FN5O. The van der Waals surface area contributed by atoms with Gasteiger partial charge in [0, 0.05) is 31.5 Å². The van der Waals surface area contributed by atoms with E-state index in [4.69, 9.17) is 9.97 Å². The van der Waals surface area contributed by atoms with Gasteiger partial charge in [-0.1, -0.05) is 12.1 Å². The Labute approximate surface area is 177 Å². The van der Waals surface area contributed by atoms with Gasteiger partial charge in [0.2, 0.25) is 5.91 Å². The van der Waals surface area contributed by atoms with Crippen molar-refractivity contribution in [3.63, 3.8) is 0 Å². The maximum absolute atomic E-state index is 13.1. The van der Waals surface area contributed by atoms with Gasteiger partial charge in [0.25, 0.3) is 0 Å². The number of carbonyl (C=O) groups is 1. The molecule has 1 N–H and O–H groups in total. The highest BCUT2D eigenvalue weighted by Gasteiger charge is 2.28. The topological polar surface area (TPSA) is 61.4 Å². The summed E-state index contributed by atoms with van der Waals surface area (Å²) in [6.07, 6.45) is 3.95. The molecule has 2 aliphatic heterocycles. The number of halogens is 1. The number of aromatic nitrogens is 2. The maximum atomic E-state index is 13.1. The van der Waals surface area contributed by atoms with Crippen LogP contribution in [0.25, 0.3) is 0 Å². The quantitative estimate of drug-likeness (QED) is 0.820. The van der Waals surface area contributed by atoms with Gasteiger partial charge in [-0.3, -0.25) is 4.79 Å². The number of nitrogens with one attached hydrogen (secondary N) is 1. The van der Waals surface area contributed by atoms with E-state index in [1.54, 1.807) is 12.1 Å². The lowest BCUT2D eigenvalue weighted by atomic mass is 9.95. The van der Waals surface area contributed by atoms with Crippen molar-refractivity contribution in [2.75, 3.05) is 39.0 Å². The SMILES string of the molecule is CNc1nc(C2CCN(C)CC2)nc2c1CCN(C(=O)CCc1ccc(F)cc1)C2. The van der Waals surface area contributed by atoms with Crippen molar-refractivity contribution in [1.82, 2.24) is 19.8 Å². The largest absolute Gasteiger partial charge is 0.373 e. The second-order valence-corrected chi connectivity index (χ2v) is 8.37. The highest BCUT2D eigenvalue weighted by molar-refractivity contribution is 5.77. The Kier molecular flexibility index (Phi) is 6.27.